The molecule has 0 aliphatic heterocycles. The molecule has 1 aromatic heterocycles. The van der Waals surface area contributed by atoms with Crippen LogP contribution < -0.4 is 4.66 Å². The van der Waals surface area contributed by atoms with Crippen molar-refractivity contribution in [3.8, 4) is 0 Å². The van der Waals surface area contributed by atoms with Crippen LogP contribution in [0.2, 0.25) is 5.32 Å². The standard InChI is InChI=1S/C12H12O3Se/c13-11(14)6-3-7-16-12-8-9-4-1-2-5-10(9)15-12/h1-2,4-5,8H,3,6-7H2,(H,13,14). The SMILES string of the molecule is O=C(O)CCC[Se]c1cc2ccccc2o1. The maximum atomic E-state index is 10.3. The van der Waals surface area contributed by atoms with Gasteiger partial charge < -0.3 is 0 Å². The minimum absolute atomic E-state index is 0.245. The molecule has 0 fully saturated rings. The monoisotopic (exact) mass is 284 g/mol. The quantitative estimate of drug-likeness (QED) is 0.675. The molecule has 3 nitrogen and oxygen atoms in total. The topological polar surface area (TPSA) is 50.4 Å². The van der Waals surface area contributed by atoms with Crippen LogP contribution in [0.15, 0.2) is 34.7 Å². The van der Waals surface area contributed by atoms with Crippen molar-refractivity contribution in [2.24, 2.45) is 0 Å². The number of aliphatic carboxylic acids is 1. The number of furan rings is 1. The van der Waals surface area contributed by atoms with E-state index in [0.717, 1.165) is 27.4 Å². The van der Waals surface area contributed by atoms with E-state index < -0.39 is 5.97 Å². The molecule has 0 aliphatic carbocycles. The van der Waals surface area contributed by atoms with Gasteiger partial charge in [-0.2, -0.15) is 0 Å². The van der Waals surface area contributed by atoms with E-state index in [1.54, 1.807) is 0 Å². The van der Waals surface area contributed by atoms with E-state index >= 15 is 0 Å². The molecular formula is C12H12O3Se. The summed E-state index contributed by atoms with van der Waals surface area (Å²) in [5.74, 6) is -0.722. The van der Waals surface area contributed by atoms with Crippen LogP contribution in [0.1, 0.15) is 12.8 Å². The van der Waals surface area contributed by atoms with Gasteiger partial charge in [0.15, 0.2) is 0 Å². The summed E-state index contributed by atoms with van der Waals surface area (Å²) in [4.78, 5) is 10.3. The van der Waals surface area contributed by atoms with Crippen molar-refractivity contribution in [1.82, 2.24) is 0 Å². The van der Waals surface area contributed by atoms with Gasteiger partial charge in [0.2, 0.25) is 0 Å². The number of fused-ring (bicyclic) bond motifs is 1. The number of hydrogen-bond acceptors (Lipinski definition) is 2. The molecule has 0 amide bonds. The summed E-state index contributed by atoms with van der Waals surface area (Å²) in [6.45, 7) is 0. The number of para-hydroxylation sites is 1. The zero-order chi connectivity index (χ0) is 11.4. The Morgan fingerprint density at radius 2 is 2.19 bits per heavy atom. The molecule has 0 radical (unpaired) electrons. The van der Waals surface area contributed by atoms with Gasteiger partial charge in [0.05, 0.1) is 0 Å². The van der Waals surface area contributed by atoms with Crippen molar-refractivity contribution in [2.75, 3.05) is 0 Å². The molecule has 0 unspecified atom stereocenters. The predicted octanol–water partition coefficient (Wildman–Crippen LogP) is 2.05. The third-order valence-electron chi connectivity index (χ3n) is 2.18. The average Bonchev–Trinajstić information content (AvgIpc) is 2.66. The van der Waals surface area contributed by atoms with Crippen LogP contribution in [0.3, 0.4) is 0 Å². The van der Waals surface area contributed by atoms with E-state index in [1.807, 2.05) is 24.3 Å². The predicted molar refractivity (Wildman–Crippen MR) is 63.3 cm³/mol. The third kappa shape index (κ3) is 2.87. The van der Waals surface area contributed by atoms with Crippen molar-refractivity contribution in [2.45, 2.75) is 18.2 Å². The van der Waals surface area contributed by atoms with Gasteiger partial charge in [-0.15, -0.1) is 0 Å². The summed E-state index contributed by atoms with van der Waals surface area (Å²) in [6.07, 6.45) is 0.981. The fourth-order valence-electron chi connectivity index (χ4n) is 1.42. The van der Waals surface area contributed by atoms with E-state index in [0.29, 0.717) is 0 Å². The molecule has 0 atom stereocenters. The first-order chi connectivity index (χ1) is 7.75. The number of benzene rings is 1. The first-order valence-electron chi connectivity index (χ1n) is 5.09. The van der Waals surface area contributed by atoms with Crippen LogP contribution in [-0.4, -0.2) is 26.0 Å². The molecule has 0 saturated carbocycles. The minimum atomic E-state index is -0.722. The second-order valence-corrected chi connectivity index (χ2v) is 5.76. The van der Waals surface area contributed by atoms with Crippen molar-refractivity contribution in [3.05, 3.63) is 30.3 Å². The molecule has 0 aliphatic rings. The van der Waals surface area contributed by atoms with Crippen LogP contribution in [0.25, 0.3) is 11.0 Å². The molecule has 0 saturated heterocycles. The van der Waals surface area contributed by atoms with Gasteiger partial charge in [0.1, 0.15) is 0 Å². The van der Waals surface area contributed by atoms with Gasteiger partial charge in [0, 0.05) is 0 Å². The Bertz CT molecular complexity index is 457. The first kappa shape index (κ1) is 11.2. The van der Waals surface area contributed by atoms with Crippen molar-refractivity contribution < 1.29 is 14.3 Å². The molecule has 16 heavy (non-hydrogen) atoms. The Labute approximate surface area is 99.6 Å². The van der Waals surface area contributed by atoms with E-state index in [2.05, 4.69) is 6.07 Å². The number of carboxylic acid groups (broad SMARTS) is 1. The average molecular weight is 283 g/mol. The summed E-state index contributed by atoms with van der Waals surface area (Å²) >= 11 is 0.245. The normalized spacial score (nSPS) is 10.8. The van der Waals surface area contributed by atoms with Crippen LogP contribution in [0.5, 0.6) is 0 Å². The van der Waals surface area contributed by atoms with Gasteiger partial charge in [-0.25, -0.2) is 0 Å². The Morgan fingerprint density at radius 3 is 2.94 bits per heavy atom. The molecule has 1 N–H and O–H groups in total. The summed E-state index contributed by atoms with van der Waals surface area (Å²) in [6, 6.07) is 9.96. The van der Waals surface area contributed by atoms with Crippen LogP contribution in [0, 0.1) is 0 Å². The molecule has 2 aromatic rings. The van der Waals surface area contributed by atoms with Gasteiger partial charge in [-0.1, -0.05) is 0 Å². The summed E-state index contributed by atoms with van der Waals surface area (Å²) < 4.78 is 6.65. The van der Waals surface area contributed by atoms with E-state index in [1.165, 1.54) is 0 Å². The number of rotatable bonds is 5. The molecule has 1 aromatic carbocycles. The Balaban J connectivity index is 1.92. The Kier molecular flexibility index (Phi) is 3.65. The van der Waals surface area contributed by atoms with Crippen LogP contribution >= 0.6 is 0 Å². The molecule has 0 bridgehead atoms. The van der Waals surface area contributed by atoms with E-state index in [-0.39, 0.29) is 21.4 Å². The molecule has 2 rings (SSSR count). The summed E-state index contributed by atoms with van der Waals surface area (Å²) in [5.41, 5.74) is 0.914. The van der Waals surface area contributed by atoms with Crippen molar-refractivity contribution in [1.29, 1.82) is 0 Å². The zero-order valence-corrected chi connectivity index (χ0v) is 10.4. The van der Waals surface area contributed by atoms with Crippen molar-refractivity contribution in [3.63, 3.8) is 0 Å². The molecule has 4 heteroatoms. The number of carbonyl (C=O) groups is 1. The Morgan fingerprint density at radius 1 is 1.38 bits per heavy atom. The fraction of sp³-hybridized carbons (Fsp3) is 0.250. The van der Waals surface area contributed by atoms with Crippen molar-refractivity contribution >= 4 is 36.6 Å². The van der Waals surface area contributed by atoms with Gasteiger partial charge >= 0.3 is 99.4 Å². The van der Waals surface area contributed by atoms with Crippen LogP contribution in [-0.2, 0) is 4.79 Å². The molecule has 84 valence electrons. The second-order valence-electron chi connectivity index (χ2n) is 3.45. The van der Waals surface area contributed by atoms with E-state index in [9.17, 15) is 4.79 Å². The van der Waals surface area contributed by atoms with Gasteiger partial charge in [-0.05, 0) is 0 Å². The zero-order valence-electron chi connectivity index (χ0n) is 8.68. The van der Waals surface area contributed by atoms with Crippen LogP contribution in [0.4, 0.5) is 0 Å². The summed E-state index contributed by atoms with van der Waals surface area (Å²) in [5, 5.41) is 10.5. The first-order valence-corrected chi connectivity index (χ1v) is 7.15. The fourth-order valence-corrected chi connectivity index (χ4v) is 3.21. The Hall–Kier alpha value is -1.25. The summed E-state index contributed by atoms with van der Waals surface area (Å²) in [7, 11) is 0. The number of carboxylic acids is 1. The van der Waals surface area contributed by atoms with Gasteiger partial charge in [0.25, 0.3) is 0 Å². The second kappa shape index (κ2) is 5.19. The van der Waals surface area contributed by atoms with E-state index in [4.69, 9.17) is 9.52 Å². The third-order valence-corrected chi connectivity index (χ3v) is 4.24. The maximum absolute atomic E-state index is 10.3. The number of hydrogen-bond donors (Lipinski definition) is 1. The molecule has 0 spiro atoms. The van der Waals surface area contributed by atoms with Gasteiger partial charge in [-0.3, -0.25) is 0 Å². The molecule has 1 heterocycles. The molecular weight excluding hydrogens is 271 g/mol.